The van der Waals surface area contributed by atoms with Crippen molar-refractivity contribution in [2.75, 3.05) is 5.32 Å². The van der Waals surface area contributed by atoms with Gasteiger partial charge in [0.2, 0.25) is 5.91 Å². The van der Waals surface area contributed by atoms with Crippen molar-refractivity contribution in [2.24, 2.45) is 0 Å². The minimum Gasteiger partial charge on any atom is -0.325 e. The van der Waals surface area contributed by atoms with Gasteiger partial charge in [-0.05, 0) is 12.1 Å². The van der Waals surface area contributed by atoms with Crippen LogP contribution in [0, 0.1) is 22.7 Å². The first-order valence-corrected chi connectivity index (χ1v) is 4.48. The van der Waals surface area contributed by atoms with Gasteiger partial charge in [-0.3, -0.25) is 4.79 Å². The van der Waals surface area contributed by atoms with E-state index in [4.69, 9.17) is 10.5 Å². The fourth-order valence-corrected chi connectivity index (χ4v) is 1.35. The second-order valence-electron chi connectivity index (χ2n) is 2.79. The lowest BCUT2D eigenvalue weighted by molar-refractivity contribution is -0.114. The molecule has 0 aromatic heterocycles. The van der Waals surface area contributed by atoms with E-state index in [1.807, 2.05) is 12.1 Å². The first-order chi connectivity index (χ1) is 7.10. The first kappa shape index (κ1) is 11.1. The van der Waals surface area contributed by atoms with Crippen LogP contribution in [-0.4, -0.2) is 5.91 Å². The van der Waals surface area contributed by atoms with Crippen molar-refractivity contribution in [2.45, 2.75) is 11.8 Å². The summed E-state index contributed by atoms with van der Waals surface area (Å²) in [6.07, 6.45) is 0. The highest BCUT2D eigenvalue weighted by Gasteiger charge is 2.11. The van der Waals surface area contributed by atoms with Gasteiger partial charge < -0.3 is 5.32 Å². The van der Waals surface area contributed by atoms with E-state index < -0.39 is 0 Å². The van der Waals surface area contributed by atoms with Gasteiger partial charge in [0.05, 0.1) is 16.8 Å². The molecule has 0 fully saturated rings. The maximum absolute atomic E-state index is 10.8. The van der Waals surface area contributed by atoms with Crippen LogP contribution in [0.15, 0.2) is 17.0 Å². The molecule has 74 valence electrons. The molecule has 0 aliphatic rings. The van der Waals surface area contributed by atoms with E-state index >= 15 is 0 Å². The van der Waals surface area contributed by atoms with E-state index in [1.165, 1.54) is 6.92 Å². The number of thiol groups is 1. The summed E-state index contributed by atoms with van der Waals surface area (Å²) in [7, 11) is 0. The molecule has 0 aliphatic carbocycles. The van der Waals surface area contributed by atoms with Crippen molar-refractivity contribution in [1.82, 2.24) is 0 Å². The molecule has 0 unspecified atom stereocenters. The smallest absolute Gasteiger partial charge is 0.221 e. The minimum absolute atomic E-state index is 0.139. The van der Waals surface area contributed by atoms with Crippen LogP contribution in [-0.2, 0) is 4.79 Å². The number of rotatable bonds is 1. The van der Waals surface area contributed by atoms with E-state index in [0.29, 0.717) is 10.6 Å². The number of carbonyl (C=O) groups excluding carboxylic acids is 1. The Morgan fingerprint density at radius 2 is 1.93 bits per heavy atom. The highest BCUT2D eigenvalue weighted by atomic mass is 32.1. The van der Waals surface area contributed by atoms with Crippen molar-refractivity contribution in [3.05, 3.63) is 23.3 Å². The standard InChI is InChI=1S/C10H7N3OS/c1-6(14)13-9-2-3-10(15)8(5-12)7(9)4-11/h2-3,15H,1H3,(H,13,14). The zero-order valence-electron chi connectivity index (χ0n) is 7.90. The molecule has 0 spiro atoms. The molecule has 15 heavy (non-hydrogen) atoms. The molecule has 1 rings (SSSR count). The summed E-state index contributed by atoms with van der Waals surface area (Å²) in [4.78, 5) is 11.3. The number of anilines is 1. The quantitative estimate of drug-likeness (QED) is 0.702. The molecule has 0 radical (unpaired) electrons. The van der Waals surface area contributed by atoms with Crippen molar-refractivity contribution in [1.29, 1.82) is 10.5 Å². The Balaban J connectivity index is 3.38. The third-order valence-corrected chi connectivity index (χ3v) is 2.09. The third kappa shape index (κ3) is 2.28. The summed E-state index contributed by atoms with van der Waals surface area (Å²) in [6.45, 7) is 1.34. The summed E-state index contributed by atoms with van der Waals surface area (Å²) in [5.74, 6) is -0.290. The maximum Gasteiger partial charge on any atom is 0.221 e. The Morgan fingerprint density at radius 1 is 1.33 bits per heavy atom. The van der Waals surface area contributed by atoms with Gasteiger partial charge in [0, 0.05) is 11.8 Å². The van der Waals surface area contributed by atoms with Gasteiger partial charge in [-0.1, -0.05) is 0 Å². The van der Waals surface area contributed by atoms with Crippen molar-refractivity contribution in [3.8, 4) is 12.1 Å². The van der Waals surface area contributed by atoms with Crippen LogP contribution in [0.1, 0.15) is 18.1 Å². The second-order valence-corrected chi connectivity index (χ2v) is 3.27. The molecule has 1 amide bonds. The molecule has 0 atom stereocenters. The zero-order valence-corrected chi connectivity index (χ0v) is 8.80. The summed E-state index contributed by atoms with van der Waals surface area (Å²) in [5, 5.41) is 20.2. The largest absolute Gasteiger partial charge is 0.325 e. The lowest BCUT2D eigenvalue weighted by atomic mass is 10.1. The number of carbonyl (C=O) groups is 1. The van der Waals surface area contributed by atoms with Gasteiger partial charge in [-0.15, -0.1) is 12.6 Å². The normalized spacial score (nSPS) is 8.80. The predicted octanol–water partition coefficient (Wildman–Crippen LogP) is 1.68. The third-order valence-electron chi connectivity index (χ3n) is 1.72. The average molecular weight is 217 g/mol. The van der Waals surface area contributed by atoms with Gasteiger partial charge in [0.15, 0.2) is 0 Å². The van der Waals surface area contributed by atoms with Gasteiger partial charge in [-0.2, -0.15) is 10.5 Å². The van der Waals surface area contributed by atoms with Gasteiger partial charge in [0.1, 0.15) is 12.1 Å². The molecule has 1 N–H and O–H groups in total. The van der Waals surface area contributed by atoms with Crippen LogP contribution < -0.4 is 5.32 Å². The highest BCUT2D eigenvalue weighted by Crippen LogP contribution is 2.24. The molecule has 0 heterocycles. The minimum atomic E-state index is -0.290. The van der Waals surface area contributed by atoms with E-state index in [9.17, 15) is 4.79 Å². The molecule has 5 heteroatoms. The number of hydrogen-bond acceptors (Lipinski definition) is 4. The number of nitriles is 2. The Hall–Kier alpha value is -1.98. The molecular weight excluding hydrogens is 210 g/mol. The highest BCUT2D eigenvalue weighted by molar-refractivity contribution is 7.80. The number of hydrogen-bond donors (Lipinski definition) is 2. The van der Waals surface area contributed by atoms with Crippen molar-refractivity contribution < 1.29 is 4.79 Å². The van der Waals surface area contributed by atoms with Gasteiger partial charge in [-0.25, -0.2) is 0 Å². The lowest BCUT2D eigenvalue weighted by Gasteiger charge is -2.06. The van der Waals surface area contributed by atoms with E-state index in [0.717, 1.165) is 0 Å². The Bertz CT molecular complexity index is 497. The number of nitrogens with one attached hydrogen (secondary N) is 1. The number of nitrogens with zero attached hydrogens (tertiary/aromatic N) is 2. The lowest BCUT2D eigenvalue weighted by Crippen LogP contribution is -2.08. The molecule has 0 bridgehead atoms. The topological polar surface area (TPSA) is 76.7 Å². The zero-order chi connectivity index (χ0) is 11.4. The SMILES string of the molecule is CC(=O)Nc1ccc(S)c(C#N)c1C#N. The molecule has 1 aromatic rings. The van der Waals surface area contributed by atoms with Crippen LogP contribution in [0.25, 0.3) is 0 Å². The molecular formula is C10H7N3OS. The van der Waals surface area contributed by atoms with E-state index in [-0.39, 0.29) is 17.0 Å². The van der Waals surface area contributed by atoms with Crippen LogP contribution >= 0.6 is 12.6 Å². The molecule has 0 aliphatic heterocycles. The molecule has 0 saturated heterocycles. The molecule has 1 aromatic carbocycles. The first-order valence-electron chi connectivity index (χ1n) is 4.04. The van der Waals surface area contributed by atoms with Crippen LogP contribution in [0.3, 0.4) is 0 Å². The Kier molecular flexibility index (Phi) is 3.33. The Morgan fingerprint density at radius 3 is 2.40 bits per heavy atom. The van der Waals surface area contributed by atoms with E-state index in [1.54, 1.807) is 12.1 Å². The van der Waals surface area contributed by atoms with Crippen LogP contribution in [0.5, 0.6) is 0 Å². The van der Waals surface area contributed by atoms with Gasteiger partial charge >= 0.3 is 0 Å². The summed E-state index contributed by atoms with van der Waals surface area (Å²) >= 11 is 4.05. The summed E-state index contributed by atoms with van der Waals surface area (Å²) in [6, 6.07) is 6.86. The fraction of sp³-hybridized carbons (Fsp3) is 0.100. The van der Waals surface area contributed by atoms with E-state index in [2.05, 4.69) is 17.9 Å². The van der Waals surface area contributed by atoms with Crippen LogP contribution in [0.4, 0.5) is 5.69 Å². The second kappa shape index (κ2) is 4.50. The van der Waals surface area contributed by atoms with Gasteiger partial charge in [0.25, 0.3) is 0 Å². The number of amides is 1. The molecule has 4 nitrogen and oxygen atoms in total. The van der Waals surface area contributed by atoms with Crippen LogP contribution in [0.2, 0.25) is 0 Å². The fourth-order valence-electron chi connectivity index (χ4n) is 1.11. The monoisotopic (exact) mass is 217 g/mol. The number of benzene rings is 1. The summed E-state index contributed by atoms with van der Waals surface area (Å²) in [5.41, 5.74) is 0.645. The summed E-state index contributed by atoms with van der Waals surface area (Å²) < 4.78 is 0. The van der Waals surface area contributed by atoms with Crippen molar-refractivity contribution in [3.63, 3.8) is 0 Å². The predicted molar refractivity (Wildman–Crippen MR) is 57.4 cm³/mol. The Labute approximate surface area is 92.5 Å². The molecule has 0 saturated carbocycles. The maximum atomic E-state index is 10.8. The van der Waals surface area contributed by atoms with Crippen molar-refractivity contribution >= 4 is 24.2 Å². The average Bonchev–Trinajstić information content (AvgIpc) is 2.19.